The minimum Gasteiger partial charge on any atom is -0.350 e. The summed E-state index contributed by atoms with van der Waals surface area (Å²) < 4.78 is 38.0. The number of pyridine rings is 1. The van der Waals surface area contributed by atoms with Gasteiger partial charge in [0.05, 0.1) is 0 Å². The minimum absolute atomic E-state index is 0.0678. The van der Waals surface area contributed by atoms with E-state index in [1.807, 2.05) is 0 Å². The molecular weight excluding hydrogens is 395 g/mol. The van der Waals surface area contributed by atoms with Crippen LogP contribution < -0.4 is 10.9 Å². The van der Waals surface area contributed by atoms with Crippen LogP contribution in [0.4, 0.5) is 4.39 Å². The number of aromatic amines is 1. The van der Waals surface area contributed by atoms with E-state index >= 15 is 0 Å². The number of amides is 1. The number of carbonyl (C=O) groups is 1. The van der Waals surface area contributed by atoms with E-state index in [9.17, 15) is 22.4 Å². The molecule has 1 aromatic heterocycles. The number of H-pyrrole nitrogens is 1. The van der Waals surface area contributed by atoms with Gasteiger partial charge in [-0.25, -0.2) is 12.8 Å². The molecule has 29 heavy (non-hydrogen) atoms. The van der Waals surface area contributed by atoms with E-state index in [1.165, 1.54) is 12.1 Å². The Hall–Kier alpha value is -2.74. The smallest absolute Gasteiger partial charge is 0.251 e. The molecule has 0 bridgehead atoms. The molecule has 2 fully saturated rings. The highest BCUT2D eigenvalue weighted by Crippen LogP contribution is 2.38. The molecular formula is C21H21FN2O4S. The number of carbonyl (C=O) groups excluding carboxylic acids is 1. The molecule has 1 aliphatic carbocycles. The first-order chi connectivity index (χ1) is 13.7. The Labute approximate surface area is 167 Å². The van der Waals surface area contributed by atoms with Gasteiger partial charge in [-0.3, -0.25) is 9.59 Å². The molecule has 6 nitrogen and oxygen atoms in total. The Balaban J connectivity index is 1.80. The first-order valence-corrected chi connectivity index (χ1v) is 11.4. The van der Waals surface area contributed by atoms with Gasteiger partial charge in [0, 0.05) is 35.5 Å². The number of hydrogen-bond donors (Lipinski definition) is 2. The van der Waals surface area contributed by atoms with Gasteiger partial charge in [0.1, 0.15) is 10.7 Å². The largest absolute Gasteiger partial charge is 0.350 e. The third-order valence-corrected chi connectivity index (χ3v) is 6.42. The fourth-order valence-corrected chi connectivity index (χ4v) is 4.36. The molecule has 1 saturated heterocycles. The number of benzene rings is 1. The van der Waals surface area contributed by atoms with Crippen molar-refractivity contribution in [2.24, 2.45) is 0 Å². The molecule has 0 radical (unpaired) electrons. The number of nitrogens with one attached hydrogen (secondary N) is 2. The van der Waals surface area contributed by atoms with Crippen LogP contribution in [0.15, 0.2) is 46.1 Å². The van der Waals surface area contributed by atoms with Crippen molar-refractivity contribution in [3.63, 3.8) is 0 Å². The van der Waals surface area contributed by atoms with Gasteiger partial charge in [0.25, 0.3) is 5.56 Å². The highest BCUT2D eigenvalue weighted by atomic mass is 32.2. The molecule has 1 aliphatic heterocycles. The van der Waals surface area contributed by atoms with Gasteiger partial charge in [0.2, 0.25) is 5.91 Å². The number of hydrogen-bond acceptors (Lipinski definition) is 4. The van der Waals surface area contributed by atoms with E-state index in [4.69, 9.17) is 0 Å². The third kappa shape index (κ3) is 4.17. The average Bonchev–Trinajstić information content (AvgIpc) is 3.40. The van der Waals surface area contributed by atoms with Gasteiger partial charge >= 0.3 is 0 Å². The van der Waals surface area contributed by atoms with Gasteiger partial charge < -0.3 is 10.3 Å². The molecule has 2 aliphatic rings. The van der Waals surface area contributed by atoms with Crippen LogP contribution in [-0.4, -0.2) is 31.6 Å². The van der Waals surface area contributed by atoms with Crippen molar-refractivity contribution in [3.05, 3.63) is 69.4 Å². The number of rotatable bonds is 5. The van der Waals surface area contributed by atoms with Crippen molar-refractivity contribution >= 4 is 21.3 Å². The Morgan fingerprint density at radius 3 is 2.45 bits per heavy atom. The molecule has 1 aromatic carbocycles. The van der Waals surface area contributed by atoms with E-state index in [2.05, 4.69) is 10.3 Å². The quantitative estimate of drug-likeness (QED) is 0.783. The summed E-state index contributed by atoms with van der Waals surface area (Å²) in [7, 11) is -3.69. The van der Waals surface area contributed by atoms with Crippen molar-refractivity contribution in [1.29, 1.82) is 0 Å². The summed E-state index contributed by atoms with van der Waals surface area (Å²) in [6.45, 7) is 0. The molecule has 0 spiro atoms. The van der Waals surface area contributed by atoms with Crippen LogP contribution in [0.25, 0.3) is 5.57 Å². The van der Waals surface area contributed by atoms with Crippen molar-refractivity contribution in [2.75, 3.05) is 6.26 Å². The van der Waals surface area contributed by atoms with Crippen LogP contribution >= 0.6 is 0 Å². The summed E-state index contributed by atoms with van der Waals surface area (Å²) in [4.78, 5) is 26.6. The Morgan fingerprint density at radius 2 is 1.90 bits per heavy atom. The van der Waals surface area contributed by atoms with E-state index < -0.39 is 15.7 Å². The fourth-order valence-electron chi connectivity index (χ4n) is 3.63. The van der Waals surface area contributed by atoms with Crippen LogP contribution in [0.3, 0.4) is 0 Å². The maximum atomic E-state index is 14.5. The lowest BCUT2D eigenvalue weighted by molar-refractivity contribution is -0.119. The fraction of sp³-hybridized carbons (Fsp3) is 0.333. The molecule has 152 valence electrons. The first-order valence-electron chi connectivity index (χ1n) is 9.47. The average molecular weight is 416 g/mol. The summed E-state index contributed by atoms with van der Waals surface area (Å²) in [5.74, 6) is -0.633. The summed E-state index contributed by atoms with van der Waals surface area (Å²) in [5, 5.41) is 2.83. The van der Waals surface area contributed by atoms with Crippen LogP contribution in [0.2, 0.25) is 0 Å². The van der Waals surface area contributed by atoms with E-state index in [0.717, 1.165) is 30.7 Å². The SMILES string of the molecule is CS(=O)(=O)c1ccc(/C(=C/[C@H]2CCC(=O)N2)c2ccc(C3CC3)c(=O)[nH]2)cc1F. The maximum absolute atomic E-state index is 14.5. The van der Waals surface area contributed by atoms with Crippen LogP contribution in [0.5, 0.6) is 0 Å². The zero-order valence-electron chi connectivity index (χ0n) is 15.9. The molecule has 1 atom stereocenters. The van der Waals surface area contributed by atoms with E-state index in [-0.39, 0.29) is 22.4 Å². The van der Waals surface area contributed by atoms with E-state index in [1.54, 1.807) is 18.2 Å². The summed E-state index contributed by atoms with van der Waals surface area (Å²) >= 11 is 0. The van der Waals surface area contributed by atoms with Crippen molar-refractivity contribution < 1.29 is 17.6 Å². The van der Waals surface area contributed by atoms with Gasteiger partial charge in [-0.15, -0.1) is 0 Å². The lowest BCUT2D eigenvalue weighted by atomic mass is 9.98. The summed E-state index contributed by atoms with van der Waals surface area (Å²) in [5.41, 5.74) is 2.01. The molecule has 1 saturated carbocycles. The first kappa shape index (κ1) is 19.6. The Kier molecular flexibility index (Phi) is 4.90. The maximum Gasteiger partial charge on any atom is 0.251 e. The minimum atomic E-state index is -3.69. The zero-order valence-corrected chi connectivity index (χ0v) is 16.7. The van der Waals surface area contributed by atoms with Gasteiger partial charge in [-0.1, -0.05) is 18.2 Å². The molecule has 2 aromatic rings. The summed E-state index contributed by atoms with van der Waals surface area (Å²) in [6, 6.07) is 7.19. The van der Waals surface area contributed by atoms with Crippen molar-refractivity contribution in [1.82, 2.24) is 10.3 Å². The highest BCUT2D eigenvalue weighted by molar-refractivity contribution is 7.90. The molecule has 1 amide bonds. The Bertz CT molecular complexity index is 1180. The van der Waals surface area contributed by atoms with Crippen molar-refractivity contribution in [3.8, 4) is 0 Å². The highest BCUT2D eigenvalue weighted by Gasteiger charge is 2.27. The molecule has 2 heterocycles. The van der Waals surface area contributed by atoms with Gasteiger partial charge in [-0.05, 0) is 48.9 Å². The monoisotopic (exact) mass is 416 g/mol. The van der Waals surface area contributed by atoms with Crippen LogP contribution in [-0.2, 0) is 14.6 Å². The number of sulfone groups is 1. The second-order valence-electron chi connectivity index (χ2n) is 7.64. The molecule has 0 unspecified atom stereocenters. The predicted molar refractivity (Wildman–Crippen MR) is 107 cm³/mol. The van der Waals surface area contributed by atoms with Gasteiger partial charge in [0.15, 0.2) is 9.84 Å². The predicted octanol–water partition coefficient (Wildman–Crippen LogP) is 2.51. The lowest BCUT2D eigenvalue weighted by Crippen LogP contribution is -2.23. The van der Waals surface area contributed by atoms with Crippen LogP contribution in [0, 0.1) is 5.82 Å². The van der Waals surface area contributed by atoms with Crippen molar-refractivity contribution in [2.45, 2.75) is 42.5 Å². The number of halogens is 1. The number of aromatic nitrogens is 1. The Morgan fingerprint density at radius 1 is 1.14 bits per heavy atom. The van der Waals surface area contributed by atoms with Crippen LogP contribution in [0.1, 0.15) is 48.4 Å². The van der Waals surface area contributed by atoms with Gasteiger partial charge in [-0.2, -0.15) is 0 Å². The van der Waals surface area contributed by atoms with E-state index in [0.29, 0.717) is 35.6 Å². The normalized spacial score (nSPS) is 20.0. The lowest BCUT2D eigenvalue weighted by Gasteiger charge is -2.14. The second kappa shape index (κ2) is 7.26. The molecule has 4 rings (SSSR count). The molecule has 8 heteroatoms. The second-order valence-corrected chi connectivity index (χ2v) is 9.63. The summed E-state index contributed by atoms with van der Waals surface area (Å²) in [6.07, 6.45) is 5.71. The third-order valence-electron chi connectivity index (χ3n) is 5.29. The standard InChI is InChI=1S/C21H21FN2O4S/c1-29(27,28)19-8-4-13(10-17(19)22)16(11-14-5-9-20(25)23-14)18-7-6-15(12-2-3-12)21(26)24-18/h4,6-8,10-12,14H,2-3,5,9H2,1H3,(H,23,25)(H,24,26)/b16-11-/t14-/m1/s1. The molecule has 2 N–H and O–H groups in total. The zero-order chi connectivity index (χ0) is 20.8. The topological polar surface area (TPSA) is 96.1 Å².